The zero-order chi connectivity index (χ0) is 46.4. The molecule has 5 heteroatoms. The summed E-state index contributed by atoms with van der Waals surface area (Å²) >= 11 is 0. The van der Waals surface area contributed by atoms with Crippen LogP contribution in [-0.2, 0) is 21.7 Å². The average Bonchev–Trinajstić information content (AvgIpc) is 4.02. The molecule has 0 saturated carbocycles. The average molecular weight is 882 g/mol. The van der Waals surface area contributed by atoms with Gasteiger partial charge in [-0.05, 0) is 134 Å². The minimum atomic E-state index is -0.212. The van der Waals surface area contributed by atoms with Crippen molar-refractivity contribution < 1.29 is 8.83 Å². The second-order valence-corrected chi connectivity index (χ2v) is 23.1. The number of hydrogen-bond donors (Lipinski definition) is 1. The van der Waals surface area contributed by atoms with Crippen molar-refractivity contribution in [3.63, 3.8) is 0 Å². The Morgan fingerprint density at radius 1 is 0.515 bits per heavy atom. The Morgan fingerprint density at radius 3 is 1.81 bits per heavy atom. The van der Waals surface area contributed by atoms with Crippen LogP contribution >= 0.6 is 0 Å². The van der Waals surface area contributed by atoms with Gasteiger partial charge in [-0.1, -0.05) is 141 Å². The first-order valence-electron chi connectivity index (χ1n) is 24.5. The molecule has 0 amide bonds. The molecule has 68 heavy (non-hydrogen) atoms. The number of nitrogens with zero attached hydrogens (tertiary/aromatic N) is 1. The van der Waals surface area contributed by atoms with Crippen LogP contribution < -0.4 is 16.2 Å². The van der Waals surface area contributed by atoms with E-state index >= 15 is 0 Å². The molecule has 0 atom stereocenters. The zero-order valence-corrected chi connectivity index (χ0v) is 40.5. The van der Waals surface area contributed by atoms with E-state index in [-0.39, 0.29) is 21.7 Å². The summed E-state index contributed by atoms with van der Waals surface area (Å²) < 4.78 is 15.7. The zero-order valence-electron chi connectivity index (χ0n) is 40.5. The first-order valence-corrected chi connectivity index (χ1v) is 24.5. The molecule has 0 fully saturated rings. The van der Waals surface area contributed by atoms with E-state index in [4.69, 9.17) is 8.83 Å². The van der Waals surface area contributed by atoms with Crippen molar-refractivity contribution in [1.29, 1.82) is 0 Å². The highest BCUT2D eigenvalue weighted by atomic mass is 16.3. The standard InChI is InChI=1S/C63H54BN2O2/c1-60(2,3)34-18-20-35(21-19-34)65-51-29-41-40-26-48-49(62(6,7)25-24-61(48,4)5)32-47(40)63(8,9)46(41)27-42(51)38-22-23-39-43-31-56-45(37-15-11-13-17-55(37)67-56)30-52(43)66-53-33-57-44(28-50(53)64-58(38)59(39)66)36-14-10-12-16-54(36)68-57/h10-23,26-33,65H,24-25H2,1-9H3. The predicted molar refractivity (Wildman–Crippen MR) is 287 cm³/mol. The van der Waals surface area contributed by atoms with Gasteiger partial charge in [0, 0.05) is 71.9 Å². The molecule has 1 aliphatic heterocycles. The number of hydrogen-bond acceptors (Lipinski definition) is 3. The van der Waals surface area contributed by atoms with Crippen LogP contribution in [0.4, 0.5) is 11.4 Å². The van der Waals surface area contributed by atoms with E-state index in [1.54, 1.807) is 0 Å². The van der Waals surface area contributed by atoms with E-state index in [1.165, 1.54) is 84.7 Å². The van der Waals surface area contributed by atoms with E-state index < -0.39 is 0 Å². The summed E-state index contributed by atoms with van der Waals surface area (Å²) in [6.07, 6.45) is 2.38. The van der Waals surface area contributed by atoms with Gasteiger partial charge >= 0.3 is 0 Å². The van der Waals surface area contributed by atoms with Crippen LogP contribution in [0.5, 0.6) is 0 Å². The van der Waals surface area contributed by atoms with Gasteiger partial charge in [-0.25, -0.2) is 0 Å². The molecule has 1 N–H and O–H groups in total. The molecule has 14 rings (SSSR count). The second-order valence-electron chi connectivity index (χ2n) is 23.1. The lowest BCUT2D eigenvalue weighted by Gasteiger charge is -2.42. The smallest absolute Gasteiger partial charge is 0.197 e. The van der Waals surface area contributed by atoms with Crippen molar-refractivity contribution in [2.75, 3.05) is 5.32 Å². The summed E-state index contributed by atoms with van der Waals surface area (Å²) in [5.74, 6) is 0. The van der Waals surface area contributed by atoms with Crippen LogP contribution in [0, 0.1) is 0 Å². The van der Waals surface area contributed by atoms with Gasteiger partial charge in [0.05, 0.1) is 5.52 Å². The summed E-state index contributed by atoms with van der Waals surface area (Å²) in [6, 6.07) is 50.0. The molecule has 0 saturated heterocycles. The predicted octanol–water partition coefficient (Wildman–Crippen LogP) is 15.9. The Labute approximate surface area is 398 Å². The summed E-state index contributed by atoms with van der Waals surface area (Å²) in [4.78, 5) is 0. The second kappa shape index (κ2) is 13.2. The van der Waals surface area contributed by atoms with E-state index in [9.17, 15) is 0 Å². The highest BCUT2D eigenvalue weighted by Gasteiger charge is 2.43. The summed E-state index contributed by atoms with van der Waals surface area (Å²) in [6.45, 7) is 21.5. The van der Waals surface area contributed by atoms with Crippen molar-refractivity contribution in [1.82, 2.24) is 4.57 Å². The lowest BCUT2D eigenvalue weighted by molar-refractivity contribution is 0.331. The number of furan rings is 2. The Bertz CT molecular complexity index is 4030. The number of benzene rings is 8. The quantitative estimate of drug-likeness (QED) is 0.180. The first-order chi connectivity index (χ1) is 32.5. The molecule has 1 radical (unpaired) electrons. The van der Waals surface area contributed by atoms with Gasteiger partial charge in [-0.2, -0.15) is 0 Å². The van der Waals surface area contributed by atoms with Crippen LogP contribution in [0.15, 0.2) is 142 Å². The van der Waals surface area contributed by atoms with E-state index in [2.05, 4.69) is 213 Å². The van der Waals surface area contributed by atoms with Crippen LogP contribution in [-0.4, -0.2) is 11.8 Å². The van der Waals surface area contributed by atoms with Crippen molar-refractivity contribution in [2.45, 2.75) is 96.8 Å². The molecule has 4 heterocycles. The number of fused-ring (bicyclic) bond motifs is 15. The third kappa shape index (κ3) is 5.45. The number of nitrogens with one attached hydrogen (secondary N) is 1. The third-order valence-electron chi connectivity index (χ3n) is 16.6. The fraction of sp³-hybridized carbons (Fsp3) is 0.238. The molecule has 0 unspecified atom stereocenters. The molecule has 0 bridgehead atoms. The van der Waals surface area contributed by atoms with Crippen LogP contribution in [0.25, 0.3) is 93.6 Å². The van der Waals surface area contributed by atoms with Gasteiger partial charge in [-0.15, -0.1) is 0 Å². The fourth-order valence-corrected chi connectivity index (χ4v) is 12.6. The first kappa shape index (κ1) is 40.1. The molecule has 3 aromatic heterocycles. The van der Waals surface area contributed by atoms with E-state index in [0.717, 1.165) is 71.9 Å². The van der Waals surface area contributed by atoms with Crippen molar-refractivity contribution in [3.8, 4) is 27.9 Å². The van der Waals surface area contributed by atoms with Gasteiger partial charge in [-0.3, -0.25) is 0 Å². The number of para-hydroxylation sites is 2. The molecule has 0 spiro atoms. The topological polar surface area (TPSA) is 43.2 Å². The number of rotatable bonds is 3. The van der Waals surface area contributed by atoms with Gasteiger partial charge in [0.1, 0.15) is 22.3 Å². The minimum Gasteiger partial charge on any atom is -0.456 e. The molecule has 8 aromatic carbocycles. The van der Waals surface area contributed by atoms with E-state index in [1.807, 2.05) is 0 Å². The SMILES string of the molecule is CC(C)(C)c1ccc(Nc2cc3c(cc2-c2ccc4c5cc6oc7ccccc7c6cc5n5c4c2[B]c2cc4c(cc2-5)oc2ccccc24)C(C)(C)c2cc4c(cc2-3)C(C)(C)CCC4(C)C)cc1. The molecule has 331 valence electrons. The van der Waals surface area contributed by atoms with Crippen LogP contribution in [0.2, 0.25) is 0 Å². The normalized spacial score (nSPS) is 16.4. The maximum absolute atomic E-state index is 6.59. The highest BCUT2D eigenvalue weighted by Crippen LogP contribution is 2.56. The van der Waals surface area contributed by atoms with Crippen molar-refractivity contribution in [3.05, 3.63) is 161 Å². The fourth-order valence-electron chi connectivity index (χ4n) is 12.6. The number of aromatic nitrogens is 1. The van der Waals surface area contributed by atoms with Crippen LogP contribution in [0.3, 0.4) is 0 Å². The van der Waals surface area contributed by atoms with Gasteiger partial charge in [0.25, 0.3) is 0 Å². The maximum atomic E-state index is 6.59. The molecule has 3 aliphatic rings. The molecular formula is C63H54BN2O2. The molecule has 11 aromatic rings. The monoisotopic (exact) mass is 881 g/mol. The van der Waals surface area contributed by atoms with Crippen molar-refractivity contribution in [2.24, 2.45) is 0 Å². The molecule has 2 aliphatic carbocycles. The Morgan fingerprint density at radius 2 is 1.12 bits per heavy atom. The van der Waals surface area contributed by atoms with Gasteiger partial charge in [0.2, 0.25) is 0 Å². The highest BCUT2D eigenvalue weighted by molar-refractivity contribution is 6.73. The Kier molecular flexibility index (Phi) is 7.77. The lowest BCUT2D eigenvalue weighted by atomic mass is 9.58. The maximum Gasteiger partial charge on any atom is 0.197 e. The molecule has 4 nitrogen and oxygen atoms in total. The largest absolute Gasteiger partial charge is 0.456 e. The van der Waals surface area contributed by atoms with Crippen molar-refractivity contribution >= 4 is 95.3 Å². The van der Waals surface area contributed by atoms with E-state index in [0.29, 0.717) is 0 Å². The van der Waals surface area contributed by atoms with Gasteiger partial charge < -0.3 is 18.7 Å². The third-order valence-corrected chi connectivity index (χ3v) is 16.6. The number of anilines is 2. The minimum absolute atomic E-state index is 0.0562. The summed E-state index contributed by atoms with van der Waals surface area (Å²) in [7, 11) is 2.44. The summed E-state index contributed by atoms with van der Waals surface area (Å²) in [5, 5.41) is 10.9. The summed E-state index contributed by atoms with van der Waals surface area (Å²) in [5.41, 5.74) is 23.9. The molecular weight excluding hydrogens is 828 g/mol. The van der Waals surface area contributed by atoms with Crippen LogP contribution in [0.1, 0.15) is 103 Å². The Balaban J connectivity index is 1.05. The Hall–Kier alpha value is -6.98. The lowest BCUT2D eigenvalue weighted by Crippen LogP contribution is -2.37. The van der Waals surface area contributed by atoms with Gasteiger partial charge in [0.15, 0.2) is 7.28 Å².